The highest BCUT2D eigenvalue weighted by Crippen LogP contribution is 2.21. The normalized spacial score (nSPS) is 23.4. The highest BCUT2D eigenvalue weighted by atomic mass is 32.2. The quantitative estimate of drug-likeness (QED) is 0.737. The molecule has 4 rings (SSSR count). The van der Waals surface area contributed by atoms with Crippen LogP contribution in [-0.4, -0.2) is 76.7 Å². The summed E-state index contributed by atoms with van der Waals surface area (Å²) in [5.74, 6) is 2.20. The van der Waals surface area contributed by atoms with Crippen LogP contribution in [0, 0.1) is 0 Å². The van der Waals surface area contributed by atoms with Crippen LogP contribution < -0.4 is 5.56 Å². The van der Waals surface area contributed by atoms with Crippen molar-refractivity contribution in [2.75, 3.05) is 45.1 Å². The van der Waals surface area contributed by atoms with Gasteiger partial charge in [0.05, 0.1) is 24.8 Å². The number of rotatable bonds is 5. The van der Waals surface area contributed by atoms with Gasteiger partial charge >= 0.3 is 0 Å². The molecule has 1 aromatic rings. The Bertz CT molecular complexity index is 724. The van der Waals surface area contributed by atoms with Crippen LogP contribution >= 0.6 is 11.8 Å². The van der Waals surface area contributed by atoms with Crippen molar-refractivity contribution in [3.63, 3.8) is 0 Å². The second kappa shape index (κ2) is 8.75. The first-order valence-corrected chi connectivity index (χ1v) is 11.1. The maximum Gasteiger partial charge on any atom is 0.267 e. The van der Waals surface area contributed by atoms with Crippen LogP contribution in [0.2, 0.25) is 0 Å². The standard InChI is InChI=1S/C19H28N4O3S/c24-18(13-16-2-1-10-26-16)22-7-4-21(5-8-22)6-9-23-19(25)12-15-14-27-11-3-17(15)20-23/h12,16H,1-11,13-14H2. The van der Waals surface area contributed by atoms with Crippen molar-refractivity contribution in [2.24, 2.45) is 0 Å². The number of ether oxygens (including phenoxy) is 1. The lowest BCUT2D eigenvalue weighted by Crippen LogP contribution is -2.50. The monoisotopic (exact) mass is 392 g/mol. The molecule has 3 aliphatic rings. The van der Waals surface area contributed by atoms with E-state index in [0.29, 0.717) is 13.0 Å². The Morgan fingerprint density at radius 1 is 1.26 bits per heavy atom. The SMILES string of the molecule is O=C(CC1CCCO1)N1CCN(CCn2nc3c(cc2=O)CSCC3)CC1. The van der Waals surface area contributed by atoms with Crippen LogP contribution in [0.25, 0.3) is 0 Å². The minimum Gasteiger partial charge on any atom is -0.378 e. The van der Waals surface area contributed by atoms with Crippen LogP contribution in [0.3, 0.4) is 0 Å². The van der Waals surface area contributed by atoms with Gasteiger partial charge in [0.15, 0.2) is 0 Å². The summed E-state index contributed by atoms with van der Waals surface area (Å²) in [5.41, 5.74) is 2.19. The van der Waals surface area contributed by atoms with Crippen molar-refractivity contribution in [1.29, 1.82) is 0 Å². The number of fused-ring (bicyclic) bond motifs is 1. The summed E-state index contributed by atoms with van der Waals surface area (Å²) < 4.78 is 7.19. The number of hydrogen-bond donors (Lipinski definition) is 0. The number of amides is 1. The van der Waals surface area contributed by atoms with Gasteiger partial charge in [-0.2, -0.15) is 16.9 Å². The number of hydrogen-bond acceptors (Lipinski definition) is 6. The predicted molar refractivity (Wildman–Crippen MR) is 105 cm³/mol. The summed E-state index contributed by atoms with van der Waals surface area (Å²) in [5, 5.41) is 4.58. The molecule has 148 valence electrons. The molecule has 27 heavy (non-hydrogen) atoms. The van der Waals surface area contributed by atoms with Crippen LogP contribution in [0.5, 0.6) is 0 Å². The molecule has 2 fully saturated rings. The fourth-order valence-corrected chi connectivity index (χ4v) is 4.95. The van der Waals surface area contributed by atoms with Gasteiger partial charge in [-0.3, -0.25) is 14.5 Å². The molecular weight excluding hydrogens is 364 g/mol. The Morgan fingerprint density at radius 3 is 2.89 bits per heavy atom. The highest BCUT2D eigenvalue weighted by molar-refractivity contribution is 7.98. The van der Waals surface area contributed by atoms with Crippen LogP contribution in [0.1, 0.15) is 30.5 Å². The average molecular weight is 393 g/mol. The second-order valence-electron chi connectivity index (χ2n) is 7.54. The van der Waals surface area contributed by atoms with Crippen LogP contribution in [0.15, 0.2) is 10.9 Å². The third-order valence-electron chi connectivity index (χ3n) is 5.68. The second-order valence-corrected chi connectivity index (χ2v) is 8.65. The van der Waals surface area contributed by atoms with E-state index in [1.807, 2.05) is 16.7 Å². The van der Waals surface area contributed by atoms with Gasteiger partial charge in [0, 0.05) is 57.6 Å². The van der Waals surface area contributed by atoms with Gasteiger partial charge in [0.25, 0.3) is 5.56 Å². The van der Waals surface area contributed by atoms with Gasteiger partial charge in [-0.15, -0.1) is 0 Å². The third-order valence-corrected chi connectivity index (χ3v) is 6.69. The Morgan fingerprint density at radius 2 is 2.11 bits per heavy atom. The molecule has 0 N–H and O–H groups in total. The Balaban J connectivity index is 1.25. The van der Waals surface area contributed by atoms with Crippen molar-refractivity contribution < 1.29 is 9.53 Å². The molecule has 0 saturated carbocycles. The van der Waals surface area contributed by atoms with Gasteiger partial charge < -0.3 is 9.64 Å². The fraction of sp³-hybridized carbons (Fsp3) is 0.737. The number of piperazine rings is 1. The molecule has 3 aliphatic heterocycles. The van der Waals surface area contributed by atoms with E-state index in [1.165, 1.54) is 0 Å². The number of aromatic nitrogens is 2. The van der Waals surface area contributed by atoms with Gasteiger partial charge in [-0.05, 0) is 24.2 Å². The van der Waals surface area contributed by atoms with E-state index in [4.69, 9.17) is 4.74 Å². The smallest absolute Gasteiger partial charge is 0.267 e. The largest absolute Gasteiger partial charge is 0.378 e. The van der Waals surface area contributed by atoms with Crippen molar-refractivity contribution in [3.05, 3.63) is 27.7 Å². The van der Waals surface area contributed by atoms with Gasteiger partial charge in [0.1, 0.15) is 0 Å². The zero-order chi connectivity index (χ0) is 18.6. The van der Waals surface area contributed by atoms with Gasteiger partial charge in [-0.1, -0.05) is 0 Å². The number of carbonyl (C=O) groups is 1. The fourth-order valence-electron chi connectivity index (χ4n) is 4.00. The summed E-state index contributed by atoms with van der Waals surface area (Å²) in [7, 11) is 0. The molecule has 1 atom stereocenters. The molecule has 4 heterocycles. The summed E-state index contributed by atoms with van der Waals surface area (Å²) in [6.45, 7) is 5.43. The molecule has 1 aromatic heterocycles. The molecule has 1 amide bonds. The van der Waals surface area contributed by atoms with E-state index < -0.39 is 0 Å². The Hall–Kier alpha value is -1.38. The van der Waals surface area contributed by atoms with E-state index >= 15 is 0 Å². The maximum atomic E-state index is 12.4. The van der Waals surface area contributed by atoms with E-state index in [1.54, 1.807) is 10.7 Å². The van der Waals surface area contributed by atoms with Crippen LogP contribution in [0.4, 0.5) is 0 Å². The first-order valence-electron chi connectivity index (χ1n) is 9.98. The van der Waals surface area contributed by atoms with E-state index in [0.717, 1.165) is 81.4 Å². The Labute approximate surface area is 164 Å². The van der Waals surface area contributed by atoms with E-state index in [-0.39, 0.29) is 17.6 Å². The number of carbonyl (C=O) groups excluding carboxylic acids is 1. The average Bonchev–Trinajstić information content (AvgIpc) is 3.19. The maximum absolute atomic E-state index is 12.4. The third kappa shape index (κ3) is 4.73. The highest BCUT2D eigenvalue weighted by Gasteiger charge is 2.25. The molecule has 8 heteroatoms. The molecule has 0 radical (unpaired) electrons. The number of nitrogens with zero attached hydrogens (tertiary/aromatic N) is 4. The number of aryl methyl sites for hydroxylation is 1. The summed E-state index contributed by atoms with van der Waals surface area (Å²) in [6.07, 6.45) is 3.67. The minimum absolute atomic E-state index is 0.00151. The molecule has 0 spiro atoms. The molecule has 2 saturated heterocycles. The zero-order valence-corrected chi connectivity index (χ0v) is 16.6. The molecule has 0 aromatic carbocycles. The molecule has 0 aliphatic carbocycles. The molecule has 0 bridgehead atoms. The van der Waals surface area contributed by atoms with Crippen molar-refractivity contribution in [2.45, 2.75) is 44.1 Å². The van der Waals surface area contributed by atoms with E-state index in [9.17, 15) is 9.59 Å². The van der Waals surface area contributed by atoms with E-state index in [2.05, 4.69) is 10.00 Å². The molecule has 1 unspecified atom stereocenters. The van der Waals surface area contributed by atoms with Crippen LogP contribution in [-0.2, 0) is 28.2 Å². The minimum atomic E-state index is 0.00151. The molecular formula is C19H28N4O3S. The van der Waals surface area contributed by atoms with Crippen molar-refractivity contribution in [3.8, 4) is 0 Å². The van der Waals surface area contributed by atoms with Gasteiger partial charge in [-0.25, -0.2) is 4.68 Å². The summed E-state index contributed by atoms with van der Waals surface area (Å²) >= 11 is 1.86. The first-order chi connectivity index (χ1) is 13.2. The van der Waals surface area contributed by atoms with Crippen molar-refractivity contribution >= 4 is 17.7 Å². The Kier molecular flexibility index (Phi) is 6.14. The summed E-state index contributed by atoms with van der Waals surface area (Å²) in [4.78, 5) is 28.9. The van der Waals surface area contributed by atoms with Gasteiger partial charge in [0.2, 0.25) is 5.91 Å². The molecule has 7 nitrogen and oxygen atoms in total. The van der Waals surface area contributed by atoms with Crippen molar-refractivity contribution in [1.82, 2.24) is 19.6 Å². The lowest BCUT2D eigenvalue weighted by atomic mass is 10.1. The predicted octanol–water partition coefficient (Wildman–Crippen LogP) is 0.746. The first kappa shape index (κ1) is 19.0. The lowest BCUT2D eigenvalue weighted by Gasteiger charge is -2.35. The lowest BCUT2D eigenvalue weighted by molar-refractivity contribution is -0.135. The summed E-state index contributed by atoms with van der Waals surface area (Å²) in [6, 6.07) is 1.76. The topological polar surface area (TPSA) is 67.7 Å². The number of thioether (sulfide) groups is 1. The zero-order valence-electron chi connectivity index (χ0n) is 15.8.